The van der Waals surface area contributed by atoms with E-state index >= 15 is 4.39 Å². The number of pyridine rings is 1. The molecule has 2 aromatic carbocycles. The van der Waals surface area contributed by atoms with Gasteiger partial charge < -0.3 is 10.3 Å². The maximum absolute atomic E-state index is 15.2. The molecule has 0 amide bonds. The monoisotopic (exact) mass is 610 g/mol. The molecule has 1 aliphatic carbocycles. The summed E-state index contributed by atoms with van der Waals surface area (Å²) in [5, 5.41) is 8.63. The first-order chi connectivity index (χ1) is 19.5. The number of hydrogen-bond acceptors (Lipinski definition) is 7. The highest BCUT2D eigenvalue weighted by Crippen LogP contribution is 2.60. The number of aromatic nitrogens is 4. The summed E-state index contributed by atoms with van der Waals surface area (Å²) in [6.45, 7) is 0. The Bertz CT molecular complexity index is 2030. The molecule has 4 heterocycles. The average molecular weight is 611 g/mol. The smallest absolute Gasteiger partial charge is 0.251 e. The second-order valence-electron chi connectivity index (χ2n) is 10.5. The molecule has 208 valence electrons. The maximum Gasteiger partial charge on any atom is 0.251 e. The third-order valence-electron chi connectivity index (χ3n) is 7.93. The van der Waals surface area contributed by atoms with Crippen LogP contribution in [-0.2, 0) is 9.84 Å². The van der Waals surface area contributed by atoms with Gasteiger partial charge in [-0.2, -0.15) is 4.39 Å². The summed E-state index contributed by atoms with van der Waals surface area (Å²) >= 11 is 12.3. The summed E-state index contributed by atoms with van der Waals surface area (Å²) in [7, 11) is -3.61. The molecule has 0 spiro atoms. The van der Waals surface area contributed by atoms with Crippen LogP contribution in [0.25, 0.3) is 22.4 Å². The fraction of sp³-hybridized carbons (Fsp3) is 0.214. The lowest BCUT2D eigenvalue weighted by molar-refractivity contribution is 0.579. The highest BCUT2D eigenvalue weighted by molar-refractivity contribution is 7.90. The highest BCUT2D eigenvalue weighted by Gasteiger charge is 2.55. The van der Waals surface area contributed by atoms with E-state index in [9.17, 15) is 13.2 Å². The van der Waals surface area contributed by atoms with Crippen LogP contribution in [0.15, 0.2) is 75.4 Å². The van der Waals surface area contributed by atoms with Crippen LogP contribution < -0.4 is 11.3 Å². The lowest BCUT2D eigenvalue weighted by atomic mass is 9.97. The molecule has 4 aromatic rings. The molecular formula is C28H21Cl2FN6O3S. The van der Waals surface area contributed by atoms with Crippen molar-refractivity contribution in [1.82, 2.24) is 19.6 Å². The zero-order valence-corrected chi connectivity index (χ0v) is 23.8. The van der Waals surface area contributed by atoms with E-state index in [1.807, 2.05) is 6.07 Å². The Morgan fingerprint density at radius 3 is 2.61 bits per heavy atom. The van der Waals surface area contributed by atoms with Crippen molar-refractivity contribution < 1.29 is 12.8 Å². The van der Waals surface area contributed by atoms with Gasteiger partial charge in [-0.1, -0.05) is 34.5 Å². The molecule has 7 rings (SSSR count). The molecule has 1 saturated carbocycles. The average Bonchev–Trinajstić information content (AvgIpc) is 3.23. The number of hydrogen-bond donors (Lipinski definition) is 1. The third-order valence-corrected chi connectivity index (χ3v) is 9.50. The predicted octanol–water partition coefficient (Wildman–Crippen LogP) is 5.23. The number of halogens is 3. The Balaban J connectivity index is 1.25. The molecular weight excluding hydrogens is 590 g/mol. The van der Waals surface area contributed by atoms with Gasteiger partial charge >= 0.3 is 0 Å². The summed E-state index contributed by atoms with van der Waals surface area (Å²) in [6.07, 6.45) is 3.63. The fourth-order valence-electron chi connectivity index (χ4n) is 6.05. The summed E-state index contributed by atoms with van der Waals surface area (Å²) in [5.74, 6) is -0.427. The SMILES string of the molecule is CS(=O)(=O)c1cc(C2=C(F)N=C(C3C4CC4c4cc(-c5cc(Cl)ccc5-n5cc(Cl)nn5)cc(=O)n43)C2)ccc1N. The zero-order chi connectivity index (χ0) is 28.8. The second kappa shape index (κ2) is 9.10. The van der Waals surface area contributed by atoms with Crippen LogP contribution in [0.1, 0.15) is 36.1 Å². The molecule has 3 atom stereocenters. The van der Waals surface area contributed by atoms with E-state index in [0.717, 1.165) is 18.4 Å². The van der Waals surface area contributed by atoms with Gasteiger partial charge in [-0.15, -0.1) is 5.10 Å². The van der Waals surface area contributed by atoms with Crippen molar-refractivity contribution in [3.63, 3.8) is 0 Å². The Hall–Kier alpha value is -3.80. The van der Waals surface area contributed by atoms with Crippen LogP contribution in [-0.4, -0.2) is 39.9 Å². The van der Waals surface area contributed by atoms with Gasteiger partial charge in [0.25, 0.3) is 5.56 Å². The van der Waals surface area contributed by atoms with Gasteiger partial charge in [0.1, 0.15) is 0 Å². The number of nitrogens with zero attached hydrogens (tertiary/aromatic N) is 5. The van der Waals surface area contributed by atoms with Gasteiger partial charge in [0.15, 0.2) is 15.0 Å². The van der Waals surface area contributed by atoms with E-state index in [4.69, 9.17) is 28.9 Å². The maximum atomic E-state index is 15.2. The van der Waals surface area contributed by atoms with Gasteiger partial charge in [0.05, 0.1) is 28.5 Å². The first kappa shape index (κ1) is 26.1. The zero-order valence-electron chi connectivity index (χ0n) is 21.4. The molecule has 13 heteroatoms. The number of allylic oxidation sites excluding steroid dienone is 1. The number of nitrogen functional groups attached to an aromatic ring is 1. The van der Waals surface area contributed by atoms with Crippen LogP contribution in [0.3, 0.4) is 0 Å². The van der Waals surface area contributed by atoms with E-state index in [0.29, 0.717) is 33.1 Å². The summed E-state index contributed by atoms with van der Waals surface area (Å²) < 4.78 is 42.8. The molecule has 41 heavy (non-hydrogen) atoms. The lowest BCUT2D eigenvalue weighted by Crippen LogP contribution is -2.29. The number of fused-ring (bicyclic) bond motifs is 3. The number of aliphatic imine (C=N–C) groups is 1. The number of rotatable bonds is 5. The number of benzene rings is 2. The Morgan fingerprint density at radius 2 is 1.88 bits per heavy atom. The second-order valence-corrected chi connectivity index (χ2v) is 13.4. The molecule has 1 fully saturated rings. The van der Waals surface area contributed by atoms with E-state index in [1.54, 1.807) is 35.0 Å². The molecule has 2 aromatic heterocycles. The van der Waals surface area contributed by atoms with Gasteiger partial charge in [-0.25, -0.2) is 18.1 Å². The first-order valence-corrected chi connectivity index (χ1v) is 15.3. The van der Waals surface area contributed by atoms with E-state index in [-0.39, 0.29) is 45.1 Å². The van der Waals surface area contributed by atoms with E-state index < -0.39 is 21.8 Å². The van der Waals surface area contributed by atoms with Crippen molar-refractivity contribution in [3.8, 4) is 16.8 Å². The van der Waals surface area contributed by atoms with Crippen LogP contribution in [0, 0.1) is 5.92 Å². The molecule has 3 aliphatic rings. The molecule has 9 nitrogen and oxygen atoms in total. The van der Waals surface area contributed by atoms with E-state index in [2.05, 4.69) is 15.3 Å². The topological polar surface area (TPSA) is 125 Å². The molecule has 0 bridgehead atoms. The van der Waals surface area contributed by atoms with Gasteiger partial charge in [0.2, 0.25) is 5.95 Å². The van der Waals surface area contributed by atoms with Crippen molar-refractivity contribution in [3.05, 3.63) is 92.5 Å². The highest BCUT2D eigenvalue weighted by atomic mass is 35.5. The number of sulfone groups is 1. The molecule has 2 N–H and O–H groups in total. The Labute approximate surface area is 243 Å². The quantitative estimate of drug-likeness (QED) is 0.244. The fourth-order valence-corrected chi connectivity index (χ4v) is 7.19. The molecule has 0 saturated heterocycles. The molecule has 2 aliphatic heterocycles. The molecule has 3 unspecified atom stereocenters. The summed E-state index contributed by atoms with van der Waals surface area (Å²) in [4.78, 5) is 17.8. The normalized spacial score (nSPS) is 21.2. The minimum absolute atomic E-state index is 0.0606. The Kier molecular flexibility index (Phi) is 5.80. The minimum Gasteiger partial charge on any atom is -0.398 e. The lowest BCUT2D eigenvalue weighted by Gasteiger charge is -2.20. The largest absolute Gasteiger partial charge is 0.398 e. The predicted molar refractivity (Wildman–Crippen MR) is 155 cm³/mol. The number of anilines is 1. The van der Waals surface area contributed by atoms with E-state index in [1.165, 1.54) is 22.9 Å². The van der Waals surface area contributed by atoms with Crippen molar-refractivity contribution in [2.75, 3.05) is 12.0 Å². The van der Waals surface area contributed by atoms with Gasteiger partial charge in [-0.3, -0.25) is 4.79 Å². The van der Waals surface area contributed by atoms with Crippen LogP contribution in [0.4, 0.5) is 10.1 Å². The summed E-state index contributed by atoms with van der Waals surface area (Å²) in [6, 6.07) is 12.8. The minimum atomic E-state index is -3.61. The summed E-state index contributed by atoms with van der Waals surface area (Å²) in [5.41, 5.74) is 9.81. The van der Waals surface area contributed by atoms with Gasteiger partial charge in [-0.05, 0) is 59.9 Å². The van der Waals surface area contributed by atoms with Crippen LogP contribution in [0.2, 0.25) is 10.2 Å². The third kappa shape index (κ3) is 4.30. The van der Waals surface area contributed by atoms with Crippen LogP contribution >= 0.6 is 23.2 Å². The first-order valence-electron chi connectivity index (χ1n) is 12.7. The number of nitrogens with two attached hydrogens (primary N) is 1. The Morgan fingerprint density at radius 1 is 1.07 bits per heavy atom. The van der Waals surface area contributed by atoms with Crippen molar-refractivity contribution >= 4 is 50.0 Å². The van der Waals surface area contributed by atoms with Crippen molar-refractivity contribution in [2.45, 2.75) is 29.7 Å². The van der Waals surface area contributed by atoms with Gasteiger partial charge in [0, 0.05) is 52.2 Å². The van der Waals surface area contributed by atoms with Crippen molar-refractivity contribution in [1.29, 1.82) is 0 Å². The molecule has 0 radical (unpaired) electrons. The standard InChI is InChI=1S/C28H21Cl2FN6O3S/c1-41(39,40)24-7-13(2-4-20(24)32)17-11-21(33-28(17)31)27-19-10-18(19)23-6-14(8-26(38)37(23)27)16-9-15(29)3-5-22(16)36-12-25(30)34-35-36/h2-9,12,18-19,27H,10-11,32H2,1H3. The van der Waals surface area contributed by atoms with Crippen molar-refractivity contribution in [2.24, 2.45) is 10.9 Å². The van der Waals surface area contributed by atoms with Crippen LogP contribution in [0.5, 0.6) is 0 Å².